The van der Waals surface area contributed by atoms with Crippen LogP contribution in [0.15, 0.2) is 94.8 Å². The van der Waals surface area contributed by atoms with Gasteiger partial charge in [0.25, 0.3) is 0 Å². The number of methoxy groups -OCH3 is 1. The molecule has 3 aromatic carbocycles. The molecule has 214 valence electrons. The fourth-order valence-electron chi connectivity index (χ4n) is 3.71. The van der Waals surface area contributed by atoms with Crippen molar-refractivity contribution in [1.29, 1.82) is 0 Å². The zero-order valence-electron chi connectivity index (χ0n) is 23.0. The van der Waals surface area contributed by atoms with Crippen LogP contribution < -0.4 is 14.8 Å². The molecule has 0 aliphatic heterocycles. The first-order valence-corrected chi connectivity index (χ1v) is 14.5. The number of carbonyl (C=O) groups excluding carboxylic acids is 1. The molecule has 1 atom stereocenters. The van der Waals surface area contributed by atoms with Gasteiger partial charge in [0.2, 0.25) is 5.96 Å². The van der Waals surface area contributed by atoms with Crippen LogP contribution in [0.1, 0.15) is 26.5 Å². The Morgan fingerprint density at radius 1 is 1.05 bits per heavy atom. The first kappa shape index (κ1) is 29.6. The summed E-state index contributed by atoms with van der Waals surface area (Å²) >= 11 is 6.11. The van der Waals surface area contributed by atoms with Crippen molar-refractivity contribution < 1.29 is 22.7 Å². The monoisotopic (exact) mass is 596 g/mol. The molecule has 0 fully saturated rings. The molecule has 0 aliphatic carbocycles. The number of aromatic nitrogens is 2. The molecule has 1 heterocycles. The number of hydrogen-bond acceptors (Lipinski definition) is 6. The number of aliphatic imine (C=N–C) groups is 1. The van der Waals surface area contributed by atoms with Crippen LogP contribution in [-0.4, -0.2) is 43.0 Å². The van der Waals surface area contributed by atoms with Crippen LogP contribution in [0.25, 0.3) is 16.9 Å². The maximum atomic E-state index is 13.1. The molecule has 4 rings (SSSR count). The standard InChI is InChI=1S/C29H30ClN5O5S/c1-29(2,3)40-28(36)32-27(34-41(37,38)25-8-6-5-7-9-25)31-19-22-18-26(20-10-12-21(30)13-11-20)35(33-22)23-14-16-24(39-4)17-15-23/h5-18H,19H2,1-4H3,(H2,31,32,34,36,37,38)/p+1. The summed E-state index contributed by atoms with van der Waals surface area (Å²) in [5.74, 6) is 0.455. The molecule has 1 aromatic heterocycles. The van der Waals surface area contributed by atoms with Crippen molar-refractivity contribution in [3.05, 3.63) is 95.6 Å². The second-order valence-electron chi connectivity index (χ2n) is 9.87. The molecule has 0 saturated carbocycles. The highest BCUT2D eigenvalue weighted by Crippen LogP contribution is 2.27. The Morgan fingerprint density at radius 3 is 2.32 bits per heavy atom. The molecule has 4 aromatic rings. The lowest BCUT2D eigenvalue weighted by atomic mass is 10.1. The Morgan fingerprint density at radius 2 is 1.71 bits per heavy atom. The van der Waals surface area contributed by atoms with Crippen LogP contribution in [0.3, 0.4) is 0 Å². The molecule has 1 unspecified atom stereocenters. The summed E-state index contributed by atoms with van der Waals surface area (Å²) in [7, 11) is -2.21. The SMILES string of the molecule is COc1ccc(-n2nc(CN=C(NC(=O)OC(C)(C)C)NS(=O)(=[OH+])c3ccccc3)cc2-c2ccc(Cl)cc2)cc1. The third-order valence-electron chi connectivity index (χ3n) is 5.53. The van der Waals surface area contributed by atoms with Crippen molar-refractivity contribution in [2.24, 2.45) is 4.99 Å². The first-order chi connectivity index (χ1) is 19.4. The van der Waals surface area contributed by atoms with Crippen molar-refractivity contribution in [2.75, 3.05) is 7.11 Å². The minimum absolute atomic E-state index is 0.0355. The predicted molar refractivity (Wildman–Crippen MR) is 159 cm³/mol. The predicted octanol–water partition coefficient (Wildman–Crippen LogP) is 5.72. The summed E-state index contributed by atoms with van der Waals surface area (Å²) < 4.78 is 38.6. The summed E-state index contributed by atoms with van der Waals surface area (Å²) in [5, 5.41) is 7.78. The van der Waals surface area contributed by atoms with Crippen LogP contribution in [0.4, 0.5) is 4.79 Å². The van der Waals surface area contributed by atoms with Gasteiger partial charge in [0.15, 0.2) is 0 Å². The Bertz CT molecular complexity index is 1630. The van der Waals surface area contributed by atoms with E-state index < -0.39 is 21.7 Å². The molecule has 0 saturated heterocycles. The second-order valence-corrected chi connectivity index (χ2v) is 12.0. The van der Waals surface area contributed by atoms with Gasteiger partial charge in [0, 0.05) is 10.6 Å². The number of hydrogen-bond donors (Lipinski definition) is 2. The summed E-state index contributed by atoms with van der Waals surface area (Å²) in [5.41, 5.74) is 2.14. The number of carbonyl (C=O) groups is 1. The van der Waals surface area contributed by atoms with Crippen molar-refractivity contribution in [1.82, 2.24) is 19.8 Å². The molecule has 41 heavy (non-hydrogen) atoms. The average Bonchev–Trinajstić information content (AvgIpc) is 3.36. The normalized spacial score (nSPS) is 13.2. The number of amides is 1. The van der Waals surface area contributed by atoms with E-state index >= 15 is 0 Å². The zero-order chi connectivity index (χ0) is 29.6. The lowest BCUT2D eigenvalue weighted by Gasteiger charge is -2.20. The highest BCUT2D eigenvalue weighted by Gasteiger charge is 2.25. The maximum Gasteiger partial charge on any atom is 0.414 e. The van der Waals surface area contributed by atoms with E-state index in [0.717, 1.165) is 16.9 Å². The quantitative estimate of drug-likeness (QED) is 0.160. The van der Waals surface area contributed by atoms with Crippen molar-refractivity contribution in [3.8, 4) is 22.7 Å². The van der Waals surface area contributed by atoms with Gasteiger partial charge >= 0.3 is 16.1 Å². The summed E-state index contributed by atoms with van der Waals surface area (Å²) in [6.45, 7) is 5.09. The number of alkyl carbamates (subject to hydrolysis) is 1. The molecule has 0 spiro atoms. The molecular formula is C29H31ClN5O5S+. The molecule has 12 heteroatoms. The molecule has 0 bridgehead atoms. The van der Waals surface area contributed by atoms with Crippen molar-refractivity contribution in [3.63, 3.8) is 0 Å². The van der Waals surface area contributed by atoms with Crippen LogP contribution in [0, 0.1) is 0 Å². The van der Waals surface area contributed by atoms with Gasteiger partial charge in [-0.15, -0.1) is 0 Å². The van der Waals surface area contributed by atoms with Gasteiger partial charge in [-0.2, -0.15) is 9.31 Å². The molecule has 1 amide bonds. The van der Waals surface area contributed by atoms with E-state index in [0.29, 0.717) is 16.5 Å². The Balaban J connectivity index is 1.69. The highest BCUT2D eigenvalue weighted by atomic mass is 35.5. The Kier molecular flexibility index (Phi) is 8.99. The van der Waals surface area contributed by atoms with Crippen molar-refractivity contribution in [2.45, 2.75) is 37.8 Å². The first-order valence-electron chi connectivity index (χ1n) is 12.6. The smallest absolute Gasteiger partial charge is 0.414 e. The maximum absolute atomic E-state index is 13.1. The largest absolute Gasteiger partial charge is 0.497 e. The van der Waals surface area contributed by atoms with Crippen LogP contribution in [0.5, 0.6) is 5.75 Å². The lowest BCUT2D eigenvalue weighted by Crippen LogP contribution is -2.45. The van der Waals surface area contributed by atoms with E-state index in [2.05, 4.69) is 15.0 Å². The molecule has 3 N–H and O–H groups in total. The number of ether oxygens (including phenoxy) is 2. The summed E-state index contributed by atoms with van der Waals surface area (Å²) in [6, 6.07) is 24.6. The molecule has 0 radical (unpaired) electrons. The summed E-state index contributed by atoms with van der Waals surface area (Å²) in [6.07, 6.45) is -0.836. The molecule has 10 nitrogen and oxygen atoms in total. The topological polar surface area (TPSA) is 128 Å². The zero-order valence-corrected chi connectivity index (χ0v) is 24.6. The minimum atomic E-state index is -3.80. The summed E-state index contributed by atoms with van der Waals surface area (Å²) in [4.78, 5) is 17.1. The molecule has 0 aliphatic rings. The minimum Gasteiger partial charge on any atom is -0.497 e. The van der Waals surface area contributed by atoms with Crippen molar-refractivity contribution >= 4 is 33.7 Å². The van der Waals surface area contributed by atoms with Gasteiger partial charge in [-0.25, -0.2) is 23.4 Å². The fraction of sp³-hybridized carbons (Fsp3) is 0.207. The lowest BCUT2D eigenvalue weighted by molar-refractivity contribution is 0.0562. The third-order valence-corrected chi connectivity index (χ3v) is 7.17. The number of rotatable bonds is 7. The van der Waals surface area contributed by atoms with E-state index in [1.54, 1.807) is 62.9 Å². The van der Waals surface area contributed by atoms with Gasteiger partial charge in [0.1, 0.15) is 16.2 Å². The second kappa shape index (κ2) is 12.4. The van der Waals surface area contributed by atoms with E-state index in [-0.39, 0.29) is 17.4 Å². The van der Waals surface area contributed by atoms with Crippen LogP contribution in [0.2, 0.25) is 5.02 Å². The molecular weight excluding hydrogens is 566 g/mol. The number of nitrogens with one attached hydrogen (secondary N) is 2. The highest BCUT2D eigenvalue weighted by molar-refractivity contribution is 7.90. The fourth-order valence-corrected chi connectivity index (χ4v) is 4.85. The van der Waals surface area contributed by atoms with E-state index in [1.807, 2.05) is 42.5 Å². The number of guanidine groups is 1. The number of halogens is 1. The van der Waals surface area contributed by atoms with Gasteiger partial charge < -0.3 is 9.47 Å². The average molecular weight is 597 g/mol. The van der Waals surface area contributed by atoms with Gasteiger partial charge in [-0.05, 0) is 75.4 Å². The van der Waals surface area contributed by atoms with E-state index in [1.165, 1.54) is 12.1 Å². The Hall–Kier alpha value is -4.35. The van der Waals surface area contributed by atoms with Gasteiger partial charge in [-0.3, -0.25) is 5.32 Å². The number of nitrogens with zero attached hydrogens (tertiary/aromatic N) is 3. The van der Waals surface area contributed by atoms with Gasteiger partial charge in [-0.1, -0.05) is 41.9 Å². The third kappa shape index (κ3) is 8.09. The van der Waals surface area contributed by atoms with Gasteiger partial charge in [0.05, 0.1) is 30.7 Å². The van der Waals surface area contributed by atoms with Crippen LogP contribution in [-0.2, 0) is 21.3 Å². The van der Waals surface area contributed by atoms with Crippen LogP contribution >= 0.6 is 11.6 Å². The number of benzene rings is 3. The van der Waals surface area contributed by atoms with E-state index in [4.69, 9.17) is 26.2 Å². The van der Waals surface area contributed by atoms with E-state index in [9.17, 15) is 13.2 Å². The Labute approximate surface area is 244 Å².